The summed E-state index contributed by atoms with van der Waals surface area (Å²) in [4.78, 5) is 5.37. The molecule has 1 unspecified atom stereocenters. The van der Waals surface area contributed by atoms with Crippen LogP contribution in [0.15, 0.2) is 17.3 Å². The summed E-state index contributed by atoms with van der Waals surface area (Å²) < 4.78 is 0. The maximum atomic E-state index is 5.85. The Balaban J connectivity index is 2.33. The summed E-state index contributed by atoms with van der Waals surface area (Å²) in [5.74, 6) is 0. The predicted molar refractivity (Wildman–Crippen MR) is 61.9 cm³/mol. The van der Waals surface area contributed by atoms with Gasteiger partial charge in [-0.15, -0.1) is 0 Å². The SMILES string of the molecule is CC1=NOC(c2cc(C)c(N)cc2C)C1. The summed E-state index contributed by atoms with van der Waals surface area (Å²) in [6, 6.07) is 4.10. The van der Waals surface area contributed by atoms with Crippen LogP contribution in [0.1, 0.15) is 36.1 Å². The van der Waals surface area contributed by atoms with Crippen LogP contribution in [0.3, 0.4) is 0 Å². The van der Waals surface area contributed by atoms with Gasteiger partial charge in [0.2, 0.25) is 0 Å². The van der Waals surface area contributed by atoms with Gasteiger partial charge in [-0.25, -0.2) is 0 Å². The Labute approximate surface area is 89.9 Å². The quantitative estimate of drug-likeness (QED) is 0.715. The summed E-state index contributed by atoms with van der Waals surface area (Å²) in [7, 11) is 0. The summed E-state index contributed by atoms with van der Waals surface area (Å²) in [6.07, 6.45) is 0.953. The van der Waals surface area contributed by atoms with E-state index in [-0.39, 0.29) is 6.10 Å². The van der Waals surface area contributed by atoms with Gasteiger partial charge in [0.1, 0.15) is 0 Å². The molecule has 0 aliphatic carbocycles. The first-order valence-electron chi connectivity index (χ1n) is 5.14. The van der Waals surface area contributed by atoms with Crippen molar-refractivity contribution < 1.29 is 4.84 Å². The lowest BCUT2D eigenvalue weighted by molar-refractivity contribution is 0.0852. The Hall–Kier alpha value is -1.51. The number of nitrogens with zero attached hydrogens (tertiary/aromatic N) is 1. The fraction of sp³-hybridized carbons (Fsp3) is 0.417. The van der Waals surface area contributed by atoms with Crippen molar-refractivity contribution in [2.45, 2.75) is 33.3 Å². The zero-order valence-corrected chi connectivity index (χ0v) is 9.37. The zero-order chi connectivity index (χ0) is 11.0. The molecule has 1 aliphatic rings. The number of rotatable bonds is 1. The highest BCUT2D eigenvalue weighted by Crippen LogP contribution is 2.31. The van der Waals surface area contributed by atoms with Crippen molar-refractivity contribution in [1.29, 1.82) is 0 Å². The molecule has 0 saturated carbocycles. The third-order valence-electron chi connectivity index (χ3n) is 2.82. The second kappa shape index (κ2) is 3.57. The summed E-state index contributed by atoms with van der Waals surface area (Å²) >= 11 is 0. The smallest absolute Gasteiger partial charge is 0.158 e. The number of nitrogen functional groups attached to an aromatic ring is 1. The van der Waals surface area contributed by atoms with Crippen molar-refractivity contribution in [3.63, 3.8) is 0 Å². The van der Waals surface area contributed by atoms with Crippen molar-refractivity contribution in [1.82, 2.24) is 0 Å². The van der Waals surface area contributed by atoms with Gasteiger partial charge in [-0.1, -0.05) is 5.16 Å². The molecule has 1 aromatic rings. The third-order valence-corrected chi connectivity index (χ3v) is 2.82. The highest BCUT2D eigenvalue weighted by Gasteiger charge is 2.22. The van der Waals surface area contributed by atoms with Crippen LogP contribution in [0.2, 0.25) is 0 Å². The fourth-order valence-corrected chi connectivity index (χ4v) is 1.87. The van der Waals surface area contributed by atoms with Gasteiger partial charge in [0.25, 0.3) is 0 Å². The molecule has 2 rings (SSSR count). The second-order valence-corrected chi connectivity index (χ2v) is 4.19. The predicted octanol–water partition coefficient (Wildman–Crippen LogP) is 2.72. The van der Waals surface area contributed by atoms with Crippen LogP contribution < -0.4 is 5.73 Å². The standard InChI is InChI=1S/C12H16N2O/c1-7-5-11(13)8(2)4-10(7)12-6-9(3)14-15-12/h4-5,12H,6,13H2,1-3H3. The van der Waals surface area contributed by atoms with Crippen LogP contribution >= 0.6 is 0 Å². The van der Waals surface area contributed by atoms with E-state index < -0.39 is 0 Å². The van der Waals surface area contributed by atoms with E-state index in [1.165, 1.54) is 11.1 Å². The first kappa shape index (κ1) is 10.0. The lowest BCUT2D eigenvalue weighted by Crippen LogP contribution is -2.03. The molecular weight excluding hydrogens is 188 g/mol. The Kier molecular flexibility index (Phi) is 2.39. The fourth-order valence-electron chi connectivity index (χ4n) is 1.87. The molecule has 0 bridgehead atoms. The summed E-state index contributed by atoms with van der Waals surface area (Å²) in [5, 5.41) is 3.97. The number of aryl methyl sites for hydroxylation is 2. The van der Waals surface area contributed by atoms with E-state index in [0.717, 1.165) is 23.4 Å². The molecule has 0 saturated heterocycles. The van der Waals surface area contributed by atoms with Crippen molar-refractivity contribution >= 4 is 11.4 Å². The van der Waals surface area contributed by atoms with Crippen molar-refractivity contribution in [3.05, 3.63) is 28.8 Å². The molecule has 0 spiro atoms. The highest BCUT2D eigenvalue weighted by atomic mass is 16.6. The van der Waals surface area contributed by atoms with E-state index in [9.17, 15) is 0 Å². The third kappa shape index (κ3) is 1.82. The first-order chi connectivity index (χ1) is 7.08. The lowest BCUT2D eigenvalue weighted by atomic mass is 9.97. The molecule has 15 heavy (non-hydrogen) atoms. The molecule has 1 heterocycles. The molecule has 0 aromatic heterocycles. The number of hydrogen-bond donors (Lipinski definition) is 1. The molecule has 2 N–H and O–H groups in total. The molecule has 1 atom stereocenters. The number of oxime groups is 1. The maximum Gasteiger partial charge on any atom is 0.158 e. The molecular formula is C12H16N2O. The lowest BCUT2D eigenvalue weighted by Gasteiger charge is -2.14. The topological polar surface area (TPSA) is 47.6 Å². The summed E-state index contributed by atoms with van der Waals surface area (Å²) in [5.41, 5.74) is 11.2. The van der Waals surface area contributed by atoms with E-state index in [1.807, 2.05) is 19.9 Å². The minimum Gasteiger partial charge on any atom is -0.399 e. The van der Waals surface area contributed by atoms with Crippen molar-refractivity contribution in [3.8, 4) is 0 Å². The first-order valence-corrected chi connectivity index (χ1v) is 5.14. The largest absolute Gasteiger partial charge is 0.399 e. The minimum atomic E-state index is 0.0734. The molecule has 3 nitrogen and oxygen atoms in total. The molecule has 0 fully saturated rings. The Morgan fingerprint density at radius 3 is 2.60 bits per heavy atom. The number of nitrogens with two attached hydrogens (primary N) is 1. The van der Waals surface area contributed by atoms with Crippen LogP contribution in [-0.4, -0.2) is 5.71 Å². The normalized spacial score (nSPS) is 19.9. The molecule has 3 heteroatoms. The van der Waals surface area contributed by atoms with Crippen LogP contribution in [0, 0.1) is 13.8 Å². The Bertz CT molecular complexity index is 424. The highest BCUT2D eigenvalue weighted by molar-refractivity contribution is 5.83. The van der Waals surface area contributed by atoms with Crippen molar-refractivity contribution in [2.75, 3.05) is 5.73 Å². The maximum absolute atomic E-state index is 5.85. The van der Waals surface area contributed by atoms with Crippen LogP contribution in [0.4, 0.5) is 5.69 Å². The average Bonchev–Trinajstić information content (AvgIpc) is 2.58. The minimum absolute atomic E-state index is 0.0734. The number of anilines is 1. The molecule has 0 radical (unpaired) electrons. The van der Waals surface area contributed by atoms with Crippen LogP contribution in [-0.2, 0) is 4.84 Å². The monoisotopic (exact) mass is 204 g/mol. The van der Waals surface area contributed by atoms with E-state index >= 15 is 0 Å². The van der Waals surface area contributed by atoms with E-state index in [2.05, 4.69) is 18.1 Å². The number of benzene rings is 1. The van der Waals surface area contributed by atoms with E-state index in [1.54, 1.807) is 0 Å². The van der Waals surface area contributed by atoms with E-state index in [4.69, 9.17) is 10.6 Å². The molecule has 80 valence electrons. The van der Waals surface area contributed by atoms with Gasteiger partial charge in [-0.05, 0) is 49.6 Å². The molecule has 0 amide bonds. The van der Waals surface area contributed by atoms with Crippen LogP contribution in [0.5, 0.6) is 0 Å². The van der Waals surface area contributed by atoms with Gasteiger partial charge in [0.05, 0.1) is 5.71 Å². The van der Waals surface area contributed by atoms with Gasteiger partial charge in [-0.2, -0.15) is 0 Å². The van der Waals surface area contributed by atoms with Crippen LogP contribution in [0.25, 0.3) is 0 Å². The zero-order valence-electron chi connectivity index (χ0n) is 9.37. The second-order valence-electron chi connectivity index (χ2n) is 4.19. The van der Waals surface area contributed by atoms with Gasteiger partial charge in [0.15, 0.2) is 6.10 Å². The van der Waals surface area contributed by atoms with Crippen molar-refractivity contribution in [2.24, 2.45) is 5.16 Å². The number of hydrogen-bond acceptors (Lipinski definition) is 3. The van der Waals surface area contributed by atoms with E-state index in [0.29, 0.717) is 0 Å². The van der Waals surface area contributed by atoms with Gasteiger partial charge in [-0.3, -0.25) is 0 Å². The molecule has 1 aromatic carbocycles. The molecule has 1 aliphatic heterocycles. The van der Waals surface area contributed by atoms with Gasteiger partial charge >= 0.3 is 0 Å². The van der Waals surface area contributed by atoms with Gasteiger partial charge < -0.3 is 10.6 Å². The Morgan fingerprint density at radius 1 is 1.27 bits per heavy atom. The summed E-state index contributed by atoms with van der Waals surface area (Å²) in [6.45, 7) is 6.06. The van der Waals surface area contributed by atoms with Gasteiger partial charge in [0, 0.05) is 12.1 Å². The average molecular weight is 204 g/mol. The Morgan fingerprint density at radius 2 is 2.00 bits per heavy atom.